The first kappa shape index (κ1) is 12.5. The number of thioether (sulfide) groups is 1. The molecule has 0 bridgehead atoms. The number of carbonyl (C=O) groups is 1. The SMILES string of the molecule is CSc1cccc(NC(=O)C2CCNCC2)c1. The van der Waals surface area contributed by atoms with Crippen LogP contribution >= 0.6 is 11.8 Å². The zero-order valence-electron chi connectivity index (χ0n) is 10.0. The zero-order valence-corrected chi connectivity index (χ0v) is 10.8. The fourth-order valence-electron chi connectivity index (χ4n) is 2.03. The topological polar surface area (TPSA) is 41.1 Å². The Balaban J connectivity index is 1.96. The van der Waals surface area contributed by atoms with E-state index in [0.29, 0.717) is 0 Å². The molecule has 92 valence electrons. The van der Waals surface area contributed by atoms with Gasteiger partial charge in [0.2, 0.25) is 5.91 Å². The van der Waals surface area contributed by atoms with Gasteiger partial charge in [0.15, 0.2) is 0 Å². The van der Waals surface area contributed by atoms with Crippen molar-refractivity contribution in [2.75, 3.05) is 24.7 Å². The van der Waals surface area contributed by atoms with E-state index in [9.17, 15) is 4.79 Å². The van der Waals surface area contributed by atoms with Gasteiger partial charge in [-0.1, -0.05) is 6.07 Å². The summed E-state index contributed by atoms with van der Waals surface area (Å²) in [6, 6.07) is 7.98. The summed E-state index contributed by atoms with van der Waals surface area (Å²) in [6.45, 7) is 1.89. The highest BCUT2D eigenvalue weighted by molar-refractivity contribution is 7.98. The Morgan fingerprint density at radius 3 is 2.88 bits per heavy atom. The number of hydrogen-bond donors (Lipinski definition) is 2. The number of benzene rings is 1. The Morgan fingerprint density at radius 2 is 2.18 bits per heavy atom. The highest BCUT2D eigenvalue weighted by atomic mass is 32.2. The fourth-order valence-corrected chi connectivity index (χ4v) is 2.49. The largest absolute Gasteiger partial charge is 0.326 e. The maximum atomic E-state index is 12.0. The average Bonchev–Trinajstić information content (AvgIpc) is 2.40. The molecule has 2 N–H and O–H groups in total. The number of carbonyl (C=O) groups excluding carboxylic acids is 1. The van der Waals surface area contributed by atoms with Crippen molar-refractivity contribution < 1.29 is 4.79 Å². The third kappa shape index (κ3) is 3.48. The highest BCUT2D eigenvalue weighted by Gasteiger charge is 2.20. The van der Waals surface area contributed by atoms with Crippen LogP contribution in [0.25, 0.3) is 0 Å². The lowest BCUT2D eigenvalue weighted by Crippen LogP contribution is -2.34. The quantitative estimate of drug-likeness (QED) is 0.809. The van der Waals surface area contributed by atoms with E-state index in [4.69, 9.17) is 0 Å². The first-order valence-electron chi connectivity index (χ1n) is 5.95. The number of amides is 1. The van der Waals surface area contributed by atoms with Crippen LogP contribution in [0.1, 0.15) is 12.8 Å². The summed E-state index contributed by atoms with van der Waals surface area (Å²) >= 11 is 1.68. The van der Waals surface area contributed by atoms with E-state index in [1.54, 1.807) is 11.8 Å². The third-order valence-corrected chi connectivity index (χ3v) is 3.77. The molecule has 17 heavy (non-hydrogen) atoms. The molecule has 0 aromatic heterocycles. The van der Waals surface area contributed by atoms with Crippen molar-refractivity contribution in [1.29, 1.82) is 0 Å². The highest BCUT2D eigenvalue weighted by Crippen LogP contribution is 2.20. The van der Waals surface area contributed by atoms with Gasteiger partial charge in [0.1, 0.15) is 0 Å². The summed E-state index contributed by atoms with van der Waals surface area (Å²) in [6.07, 6.45) is 3.91. The second-order valence-electron chi connectivity index (χ2n) is 4.25. The molecule has 0 spiro atoms. The van der Waals surface area contributed by atoms with E-state index < -0.39 is 0 Å². The monoisotopic (exact) mass is 250 g/mol. The molecule has 1 amide bonds. The van der Waals surface area contributed by atoms with E-state index in [0.717, 1.165) is 31.6 Å². The molecule has 0 aliphatic carbocycles. The molecule has 1 aliphatic rings. The smallest absolute Gasteiger partial charge is 0.227 e. The summed E-state index contributed by atoms with van der Waals surface area (Å²) in [7, 11) is 0. The molecule has 0 unspecified atom stereocenters. The summed E-state index contributed by atoms with van der Waals surface area (Å²) < 4.78 is 0. The molecule has 1 fully saturated rings. The molecule has 1 saturated heterocycles. The minimum absolute atomic E-state index is 0.157. The number of hydrogen-bond acceptors (Lipinski definition) is 3. The van der Waals surface area contributed by atoms with Gasteiger partial charge in [-0.25, -0.2) is 0 Å². The first-order valence-corrected chi connectivity index (χ1v) is 7.17. The average molecular weight is 250 g/mol. The minimum Gasteiger partial charge on any atom is -0.326 e. The van der Waals surface area contributed by atoms with Crippen molar-refractivity contribution in [3.63, 3.8) is 0 Å². The van der Waals surface area contributed by atoms with Crippen molar-refractivity contribution >= 4 is 23.4 Å². The van der Waals surface area contributed by atoms with Crippen molar-refractivity contribution in [3.05, 3.63) is 24.3 Å². The molecule has 1 aromatic rings. The number of anilines is 1. The molecule has 3 nitrogen and oxygen atoms in total. The predicted octanol–water partition coefficient (Wildman–Crippen LogP) is 2.35. The second-order valence-corrected chi connectivity index (χ2v) is 5.13. The van der Waals surface area contributed by atoms with Crippen LogP contribution in [0.3, 0.4) is 0 Å². The predicted molar refractivity (Wildman–Crippen MR) is 72.4 cm³/mol. The Labute approximate surface area is 106 Å². The van der Waals surface area contributed by atoms with Gasteiger partial charge >= 0.3 is 0 Å². The van der Waals surface area contributed by atoms with E-state index in [-0.39, 0.29) is 11.8 Å². The molecular formula is C13H18N2OS. The van der Waals surface area contributed by atoms with Gasteiger partial charge in [0.05, 0.1) is 0 Å². The number of nitrogens with one attached hydrogen (secondary N) is 2. The van der Waals surface area contributed by atoms with Gasteiger partial charge in [0.25, 0.3) is 0 Å². The van der Waals surface area contributed by atoms with Crippen molar-refractivity contribution in [2.24, 2.45) is 5.92 Å². The van der Waals surface area contributed by atoms with Gasteiger partial charge in [-0.2, -0.15) is 0 Å². The number of piperidine rings is 1. The van der Waals surface area contributed by atoms with E-state index in [2.05, 4.69) is 10.6 Å². The van der Waals surface area contributed by atoms with Crippen molar-refractivity contribution in [1.82, 2.24) is 5.32 Å². The Kier molecular flexibility index (Phi) is 4.45. The number of rotatable bonds is 3. The van der Waals surface area contributed by atoms with Crippen LogP contribution in [0.4, 0.5) is 5.69 Å². The van der Waals surface area contributed by atoms with Crippen LogP contribution in [-0.4, -0.2) is 25.3 Å². The van der Waals surface area contributed by atoms with Crippen molar-refractivity contribution in [3.8, 4) is 0 Å². The normalized spacial score (nSPS) is 16.8. The van der Waals surface area contributed by atoms with Gasteiger partial charge in [-0.05, 0) is 50.4 Å². The summed E-state index contributed by atoms with van der Waals surface area (Å²) in [5.41, 5.74) is 0.903. The molecule has 0 atom stereocenters. The lowest BCUT2D eigenvalue weighted by atomic mass is 9.97. The van der Waals surface area contributed by atoms with Crippen LogP contribution in [0.15, 0.2) is 29.2 Å². The lowest BCUT2D eigenvalue weighted by Gasteiger charge is -2.21. The van der Waals surface area contributed by atoms with E-state index >= 15 is 0 Å². The van der Waals surface area contributed by atoms with Crippen LogP contribution < -0.4 is 10.6 Å². The fraction of sp³-hybridized carbons (Fsp3) is 0.462. The third-order valence-electron chi connectivity index (χ3n) is 3.05. The van der Waals surface area contributed by atoms with Gasteiger partial charge in [-0.15, -0.1) is 11.8 Å². The first-order chi connectivity index (χ1) is 8.29. The molecule has 4 heteroatoms. The molecule has 1 heterocycles. The summed E-state index contributed by atoms with van der Waals surface area (Å²) in [5.74, 6) is 0.318. The van der Waals surface area contributed by atoms with Gasteiger partial charge < -0.3 is 10.6 Å². The van der Waals surface area contributed by atoms with E-state index in [1.165, 1.54) is 4.90 Å². The Hall–Kier alpha value is -1.00. The molecule has 2 rings (SSSR count). The maximum Gasteiger partial charge on any atom is 0.227 e. The van der Waals surface area contributed by atoms with E-state index in [1.807, 2.05) is 30.5 Å². The zero-order chi connectivity index (χ0) is 12.1. The maximum absolute atomic E-state index is 12.0. The van der Waals surface area contributed by atoms with Gasteiger partial charge in [-0.3, -0.25) is 4.79 Å². The second kappa shape index (κ2) is 6.07. The summed E-state index contributed by atoms with van der Waals surface area (Å²) in [4.78, 5) is 13.2. The van der Waals surface area contributed by atoms with Crippen LogP contribution in [0.5, 0.6) is 0 Å². The summed E-state index contributed by atoms with van der Waals surface area (Å²) in [5, 5.41) is 6.27. The Bertz CT molecular complexity index is 389. The van der Waals surface area contributed by atoms with Crippen molar-refractivity contribution in [2.45, 2.75) is 17.7 Å². The van der Waals surface area contributed by atoms with Crippen LogP contribution in [-0.2, 0) is 4.79 Å². The van der Waals surface area contributed by atoms with Crippen LogP contribution in [0.2, 0.25) is 0 Å². The lowest BCUT2D eigenvalue weighted by molar-refractivity contribution is -0.120. The molecule has 1 aromatic carbocycles. The molecule has 0 radical (unpaired) electrons. The molecule has 1 aliphatic heterocycles. The molecular weight excluding hydrogens is 232 g/mol. The van der Waals surface area contributed by atoms with Crippen LogP contribution in [0, 0.1) is 5.92 Å². The standard InChI is InChI=1S/C13H18N2OS/c1-17-12-4-2-3-11(9-12)15-13(16)10-5-7-14-8-6-10/h2-4,9-10,14H,5-8H2,1H3,(H,15,16). The molecule has 0 saturated carbocycles. The minimum atomic E-state index is 0.157. The Morgan fingerprint density at radius 1 is 1.41 bits per heavy atom. The van der Waals surface area contributed by atoms with Gasteiger partial charge in [0, 0.05) is 16.5 Å².